The molecule has 7 heteroatoms. The SMILES string of the molecule is Cc1[nH]c2ccc(NC(=O)c3ccco3)cc2c1[C@@H](Nc1ccccc1F)c1ccccn1. The van der Waals surface area contributed by atoms with Crippen LogP contribution in [0.4, 0.5) is 15.8 Å². The second-order valence-electron chi connectivity index (χ2n) is 7.67. The molecule has 0 radical (unpaired) electrons. The largest absolute Gasteiger partial charge is 0.459 e. The molecular formula is C26H21FN4O2. The standard InChI is InChI=1S/C26H21FN4O2/c1-16-24(25(22-9-4-5-13-28-22)31-21-8-3-2-7-19(21)27)18-15-17(11-12-20(18)29-16)30-26(32)23-10-6-14-33-23/h2-15,25,29,31H,1H3,(H,30,32)/t25-/m0/s1. The molecule has 0 saturated heterocycles. The highest BCUT2D eigenvalue weighted by Gasteiger charge is 2.23. The van der Waals surface area contributed by atoms with Crippen molar-refractivity contribution in [3.05, 3.63) is 114 Å². The van der Waals surface area contributed by atoms with Crippen molar-refractivity contribution in [2.75, 3.05) is 10.6 Å². The number of carbonyl (C=O) groups is 1. The lowest BCUT2D eigenvalue weighted by atomic mass is 9.98. The molecule has 0 unspecified atom stereocenters. The summed E-state index contributed by atoms with van der Waals surface area (Å²) < 4.78 is 19.7. The molecule has 5 aromatic rings. The van der Waals surface area contributed by atoms with E-state index in [1.54, 1.807) is 36.5 Å². The molecule has 0 saturated carbocycles. The number of furan rings is 1. The van der Waals surface area contributed by atoms with Gasteiger partial charge in [-0.25, -0.2) is 4.39 Å². The molecule has 5 rings (SSSR count). The molecule has 3 heterocycles. The fourth-order valence-corrected chi connectivity index (χ4v) is 3.97. The van der Waals surface area contributed by atoms with Crippen molar-refractivity contribution >= 4 is 28.2 Å². The zero-order valence-corrected chi connectivity index (χ0v) is 17.8. The number of pyridine rings is 1. The summed E-state index contributed by atoms with van der Waals surface area (Å²) in [5.41, 5.74) is 4.48. The first-order valence-corrected chi connectivity index (χ1v) is 10.5. The van der Waals surface area contributed by atoms with Crippen LogP contribution in [0.3, 0.4) is 0 Å². The predicted octanol–water partition coefficient (Wildman–Crippen LogP) is 6.06. The molecule has 1 atom stereocenters. The lowest BCUT2D eigenvalue weighted by Crippen LogP contribution is -2.15. The van der Waals surface area contributed by atoms with Crippen LogP contribution in [0.5, 0.6) is 0 Å². The molecule has 0 bridgehead atoms. The zero-order valence-electron chi connectivity index (χ0n) is 17.8. The number of fused-ring (bicyclic) bond motifs is 1. The van der Waals surface area contributed by atoms with Crippen LogP contribution in [-0.4, -0.2) is 15.9 Å². The van der Waals surface area contributed by atoms with Crippen LogP contribution in [-0.2, 0) is 0 Å². The number of hydrogen-bond donors (Lipinski definition) is 3. The molecule has 3 N–H and O–H groups in total. The number of amides is 1. The van der Waals surface area contributed by atoms with Crippen molar-refractivity contribution in [1.29, 1.82) is 0 Å². The fourth-order valence-electron chi connectivity index (χ4n) is 3.97. The van der Waals surface area contributed by atoms with E-state index in [9.17, 15) is 9.18 Å². The number of rotatable bonds is 6. The molecule has 164 valence electrons. The van der Waals surface area contributed by atoms with Gasteiger partial charge >= 0.3 is 0 Å². The average Bonchev–Trinajstić information content (AvgIpc) is 3.47. The molecule has 0 aliphatic carbocycles. The van der Waals surface area contributed by atoms with E-state index in [2.05, 4.69) is 20.6 Å². The van der Waals surface area contributed by atoms with Gasteiger partial charge in [-0.2, -0.15) is 0 Å². The third kappa shape index (κ3) is 4.08. The van der Waals surface area contributed by atoms with Gasteiger partial charge in [-0.3, -0.25) is 9.78 Å². The number of nitrogens with zero attached hydrogens (tertiary/aromatic N) is 1. The van der Waals surface area contributed by atoms with Gasteiger partial charge < -0.3 is 20.0 Å². The van der Waals surface area contributed by atoms with Gasteiger partial charge in [0.05, 0.1) is 23.7 Å². The molecule has 6 nitrogen and oxygen atoms in total. The Hall–Kier alpha value is -4.39. The number of carbonyl (C=O) groups excluding carboxylic acids is 1. The molecule has 0 aliphatic rings. The third-order valence-corrected chi connectivity index (χ3v) is 5.48. The summed E-state index contributed by atoms with van der Waals surface area (Å²) in [6, 6.07) is 20.7. The maximum absolute atomic E-state index is 14.5. The van der Waals surface area contributed by atoms with Crippen LogP contribution in [0, 0.1) is 12.7 Å². The van der Waals surface area contributed by atoms with Gasteiger partial charge in [0, 0.05) is 34.0 Å². The smallest absolute Gasteiger partial charge is 0.291 e. The minimum absolute atomic E-state index is 0.230. The van der Waals surface area contributed by atoms with Gasteiger partial charge in [-0.1, -0.05) is 18.2 Å². The summed E-state index contributed by atoms with van der Waals surface area (Å²) >= 11 is 0. The van der Waals surface area contributed by atoms with E-state index in [1.165, 1.54) is 12.3 Å². The van der Waals surface area contributed by atoms with Gasteiger partial charge in [-0.05, 0) is 61.5 Å². The summed E-state index contributed by atoms with van der Waals surface area (Å²) in [5, 5.41) is 7.08. The van der Waals surface area contributed by atoms with Gasteiger partial charge in [0.15, 0.2) is 5.76 Å². The molecular weight excluding hydrogens is 419 g/mol. The van der Waals surface area contributed by atoms with Gasteiger partial charge in [-0.15, -0.1) is 0 Å². The van der Waals surface area contributed by atoms with Crippen molar-refractivity contribution in [2.45, 2.75) is 13.0 Å². The summed E-state index contributed by atoms with van der Waals surface area (Å²) in [6.07, 6.45) is 3.17. The lowest BCUT2D eigenvalue weighted by Gasteiger charge is -2.21. The molecule has 3 aromatic heterocycles. The summed E-state index contributed by atoms with van der Waals surface area (Å²) in [7, 11) is 0. The van der Waals surface area contributed by atoms with Crippen molar-refractivity contribution in [3.8, 4) is 0 Å². The molecule has 2 aromatic carbocycles. The van der Waals surface area contributed by atoms with E-state index in [-0.39, 0.29) is 17.5 Å². The number of aryl methyl sites for hydroxylation is 1. The van der Waals surface area contributed by atoms with Crippen LogP contribution in [0.25, 0.3) is 10.9 Å². The van der Waals surface area contributed by atoms with Crippen LogP contribution < -0.4 is 10.6 Å². The monoisotopic (exact) mass is 440 g/mol. The van der Waals surface area contributed by atoms with Crippen LogP contribution in [0.1, 0.15) is 33.5 Å². The van der Waals surface area contributed by atoms with Gasteiger partial charge in [0.2, 0.25) is 0 Å². The summed E-state index contributed by atoms with van der Waals surface area (Å²) in [4.78, 5) is 20.4. The van der Waals surface area contributed by atoms with Gasteiger partial charge in [0.1, 0.15) is 5.82 Å². The average molecular weight is 440 g/mol. The normalized spacial score (nSPS) is 11.9. The Morgan fingerprint density at radius 2 is 1.91 bits per heavy atom. The van der Waals surface area contributed by atoms with E-state index in [1.807, 2.05) is 43.3 Å². The third-order valence-electron chi connectivity index (χ3n) is 5.48. The van der Waals surface area contributed by atoms with E-state index >= 15 is 0 Å². The minimum atomic E-state index is -0.423. The lowest BCUT2D eigenvalue weighted by molar-refractivity contribution is 0.0996. The number of nitrogens with one attached hydrogen (secondary N) is 3. The molecule has 0 fully saturated rings. The van der Waals surface area contributed by atoms with E-state index < -0.39 is 6.04 Å². The van der Waals surface area contributed by atoms with E-state index in [0.717, 1.165) is 27.9 Å². The highest BCUT2D eigenvalue weighted by atomic mass is 19.1. The highest BCUT2D eigenvalue weighted by molar-refractivity contribution is 6.03. The number of aromatic amines is 1. The number of hydrogen-bond acceptors (Lipinski definition) is 4. The number of H-pyrrole nitrogens is 1. The molecule has 0 aliphatic heterocycles. The maximum atomic E-state index is 14.5. The van der Waals surface area contributed by atoms with E-state index in [0.29, 0.717) is 11.4 Å². The summed E-state index contributed by atoms with van der Waals surface area (Å²) in [5.74, 6) is -0.450. The van der Waals surface area contributed by atoms with Crippen LogP contribution in [0.2, 0.25) is 0 Å². The first-order valence-electron chi connectivity index (χ1n) is 10.5. The van der Waals surface area contributed by atoms with E-state index in [4.69, 9.17) is 4.42 Å². The van der Waals surface area contributed by atoms with Crippen LogP contribution >= 0.6 is 0 Å². The second-order valence-corrected chi connectivity index (χ2v) is 7.67. The minimum Gasteiger partial charge on any atom is -0.459 e. The number of para-hydroxylation sites is 1. The van der Waals surface area contributed by atoms with Crippen molar-refractivity contribution in [1.82, 2.24) is 9.97 Å². The Kier molecular flexibility index (Phi) is 5.36. The zero-order chi connectivity index (χ0) is 22.8. The summed E-state index contributed by atoms with van der Waals surface area (Å²) in [6.45, 7) is 1.97. The van der Waals surface area contributed by atoms with Crippen molar-refractivity contribution in [3.63, 3.8) is 0 Å². The maximum Gasteiger partial charge on any atom is 0.291 e. The Labute approximate surface area is 189 Å². The quantitative estimate of drug-likeness (QED) is 0.300. The fraction of sp³-hybridized carbons (Fsp3) is 0.0769. The Morgan fingerprint density at radius 1 is 1.06 bits per heavy atom. The predicted molar refractivity (Wildman–Crippen MR) is 126 cm³/mol. The highest BCUT2D eigenvalue weighted by Crippen LogP contribution is 2.35. The topological polar surface area (TPSA) is 83.0 Å². The van der Waals surface area contributed by atoms with Crippen molar-refractivity contribution in [2.24, 2.45) is 0 Å². The molecule has 1 amide bonds. The second kappa shape index (κ2) is 8.63. The molecule has 0 spiro atoms. The first kappa shape index (κ1) is 20.5. The Bertz CT molecular complexity index is 1410. The number of anilines is 2. The number of aromatic nitrogens is 2. The molecule has 33 heavy (non-hydrogen) atoms. The Morgan fingerprint density at radius 3 is 2.67 bits per heavy atom. The Balaban J connectivity index is 1.59. The van der Waals surface area contributed by atoms with Crippen LogP contribution in [0.15, 0.2) is 89.7 Å². The van der Waals surface area contributed by atoms with Gasteiger partial charge in [0.25, 0.3) is 5.91 Å². The number of benzene rings is 2. The first-order chi connectivity index (χ1) is 16.1. The van der Waals surface area contributed by atoms with Crippen molar-refractivity contribution < 1.29 is 13.6 Å². The number of halogens is 1.